The third-order valence-corrected chi connectivity index (χ3v) is 9.75. The van der Waals surface area contributed by atoms with Crippen molar-refractivity contribution < 1.29 is 38.1 Å². The fourth-order valence-corrected chi connectivity index (χ4v) is 6.25. The molecule has 0 spiro atoms. The molecule has 5 aromatic rings. The molecule has 314 valence electrons. The van der Waals surface area contributed by atoms with Crippen LogP contribution in [0.2, 0.25) is 0 Å². The average molecular weight is 812 g/mol. The molecule has 0 fully saturated rings. The zero-order chi connectivity index (χ0) is 42.2. The van der Waals surface area contributed by atoms with Gasteiger partial charge in [-0.2, -0.15) is 0 Å². The Labute approximate surface area is 354 Å². The number of benzene rings is 5. The topological polar surface area (TPSA) is 110 Å². The Bertz CT molecular complexity index is 2070. The second-order valence-electron chi connectivity index (χ2n) is 14.7. The molecule has 0 aromatic heterocycles. The van der Waals surface area contributed by atoms with Gasteiger partial charge in [-0.05, 0) is 115 Å². The minimum Gasteiger partial charge on any atom is -0.494 e. The summed E-state index contributed by atoms with van der Waals surface area (Å²) in [4.78, 5) is 43.1. The van der Waals surface area contributed by atoms with E-state index in [9.17, 15) is 14.4 Å². The molecule has 0 N–H and O–H groups in total. The first-order chi connectivity index (χ1) is 29.4. The van der Waals surface area contributed by atoms with Gasteiger partial charge in [0, 0.05) is 12.3 Å². The molecule has 0 aliphatic rings. The summed E-state index contributed by atoms with van der Waals surface area (Å²) >= 11 is 0. The predicted octanol–water partition coefficient (Wildman–Crippen LogP) is 13.0. The number of hydrogen-bond acceptors (Lipinski definition) is 9. The summed E-state index contributed by atoms with van der Waals surface area (Å²) in [7, 11) is 0. The van der Waals surface area contributed by atoms with Crippen LogP contribution in [0.3, 0.4) is 0 Å². The number of rotatable bonds is 25. The fourth-order valence-electron chi connectivity index (χ4n) is 6.25. The molecule has 0 aliphatic carbocycles. The van der Waals surface area contributed by atoms with Gasteiger partial charge in [0.15, 0.2) is 0 Å². The second-order valence-corrected chi connectivity index (χ2v) is 14.7. The molecule has 0 bridgehead atoms. The zero-order valence-corrected chi connectivity index (χ0v) is 34.9. The van der Waals surface area contributed by atoms with E-state index in [0.29, 0.717) is 23.5 Å². The molecule has 9 heteroatoms. The van der Waals surface area contributed by atoms with Crippen LogP contribution in [0.25, 0.3) is 0 Å². The Hall–Kier alpha value is -6.22. The van der Waals surface area contributed by atoms with Crippen molar-refractivity contribution in [3.8, 4) is 28.7 Å². The van der Waals surface area contributed by atoms with Crippen molar-refractivity contribution in [1.82, 2.24) is 0 Å². The molecule has 0 atom stereocenters. The largest absolute Gasteiger partial charge is 0.494 e. The molecule has 9 nitrogen and oxygen atoms in total. The molecule has 0 amide bonds. The van der Waals surface area contributed by atoms with Crippen molar-refractivity contribution in [3.63, 3.8) is 0 Å². The summed E-state index contributed by atoms with van der Waals surface area (Å²) in [5, 5.41) is 0. The van der Waals surface area contributed by atoms with Crippen LogP contribution in [0.1, 0.15) is 134 Å². The highest BCUT2D eigenvalue weighted by Crippen LogP contribution is 2.24. The first-order valence-corrected chi connectivity index (χ1v) is 21.4. The molecule has 0 aliphatic heterocycles. The molecule has 0 unspecified atom stereocenters. The van der Waals surface area contributed by atoms with Gasteiger partial charge in [-0.1, -0.05) is 103 Å². The van der Waals surface area contributed by atoms with Crippen molar-refractivity contribution in [2.75, 3.05) is 13.2 Å². The summed E-state index contributed by atoms with van der Waals surface area (Å²) in [5.41, 5.74) is 2.59. The highest BCUT2D eigenvalue weighted by atomic mass is 16.5. The van der Waals surface area contributed by atoms with E-state index in [1.54, 1.807) is 72.9 Å². The maximum Gasteiger partial charge on any atom is 0.343 e. The van der Waals surface area contributed by atoms with Gasteiger partial charge in [-0.25, -0.2) is 14.4 Å². The lowest BCUT2D eigenvalue weighted by molar-refractivity contribution is 0.0723. The lowest BCUT2D eigenvalue weighted by Crippen LogP contribution is -2.11. The minimum absolute atomic E-state index is 0.194. The summed E-state index contributed by atoms with van der Waals surface area (Å²) in [5.74, 6) is 0.499. The van der Waals surface area contributed by atoms with Gasteiger partial charge in [0.2, 0.25) is 0 Å². The minimum atomic E-state index is -0.632. The highest BCUT2D eigenvalue weighted by Gasteiger charge is 2.14. The Balaban J connectivity index is 1.02. The van der Waals surface area contributed by atoms with Crippen LogP contribution in [-0.4, -0.2) is 37.3 Å². The third kappa shape index (κ3) is 15.9. The number of esters is 3. The molecule has 0 saturated heterocycles. The standard InChI is InChI=1S/C51H57NO8/c1-3-5-7-9-10-11-13-15-36-57-45-33-27-43(28-34-45)52-38-39-19-21-40(22-20-39)50(54)59-47-17-16-18-48(37-47)60-51(55)42-25-31-46(32-26-42)58-49(53)41-23-29-44(30-24-41)56-35-14-12-8-6-4-2/h16-34,37-38H,3-15,35-36H2,1-2H3. The maximum atomic E-state index is 12.9. The quantitative estimate of drug-likeness (QED) is 0.0248. The number of carbonyl (C=O) groups is 3. The van der Waals surface area contributed by atoms with Crippen molar-refractivity contribution in [1.29, 1.82) is 0 Å². The Morgan fingerprint density at radius 3 is 1.28 bits per heavy atom. The molecular weight excluding hydrogens is 755 g/mol. The normalized spacial score (nSPS) is 11.0. The second kappa shape index (κ2) is 25.3. The smallest absolute Gasteiger partial charge is 0.343 e. The summed E-state index contributed by atoms with van der Waals surface area (Å²) in [6.07, 6.45) is 17.7. The van der Waals surface area contributed by atoms with Gasteiger partial charge < -0.3 is 23.7 Å². The van der Waals surface area contributed by atoms with E-state index < -0.39 is 17.9 Å². The predicted molar refractivity (Wildman–Crippen MR) is 237 cm³/mol. The molecule has 60 heavy (non-hydrogen) atoms. The first-order valence-electron chi connectivity index (χ1n) is 21.4. The molecule has 0 radical (unpaired) electrons. The van der Waals surface area contributed by atoms with E-state index in [1.165, 1.54) is 94.5 Å². The van der Waals surface area contributed by atoms with Crippen LogP contribution >= 0.6 is 0 Å². The van der Waals surface area contributed by atoms with Crippen LogP contribution in [0.4, 0.5) is 5.69 Å². The van der Waals surface area contributed by atoms with Crippen molar-refractivity contribution in [2.45, 2.75) is 97.3 Å². The third-order valence-electron chi connectivity index (χ3n) is 9.75. The summed E-state index contributed by atoms with van der Waals surface area (Å²) < 4.78 is 28.3. The van der Waals surface area contributed by atoms with Crippen LogP contribution in [0, 0.1) is 0 Å². The Morgan fingerprint density at radius 2 is 0.817 bits per heavy atom. The van der Waals surface area contributed by atoms with Crippen LogP contribution < -0.4 is 23.7 Å². The van der Waals surface area contributed by atoms with Crippen molar-refractivity contribution >= 4 is 29.8 Å². The number of nitrogens with zero attached hydrogens (tertiary/aromatic N) is 1. The summed E-state index contributed by atoms with van der Waals surface area (Å²) in [6.45, 7) is 5.79. The van der Waals surface area contributed by atoms with Gasteiger partial charge in [0.05, 0.1) is 35.6 Å². The fraction of sp³-hybridized carbons (Fsp3) is 0.333. The molecule has 0 heterocycles. The van der Waals surface area contributed by atoms with Gasteiger partial charge in [-0.3, -0.25) is 4.99 Å². The van der Waals surface area contributed by atoms with Crippen LogP contribution in [-0.2, 0) is 0 Å². The van der Waals surface area contributed by atoms with Gasteiger partial charge in [0.25, 0.3) is 0 Å². The number of unbranched alkanes of at least 4 members (excludes halogenated alkanes) is 11. The molecule has 5 aromatic carbocycles. The number of carbonyl (C=O) groups excluding carboxylic acids is 3. The number of ether oxygens (including phenoxy) is 5. The van der Waals surface area contributed by atoms with Crippen LogP contribution in [0.15, 0.2) is 126 Å². The van der Waals surface area contributed by atoms with Gasteiger partial charge >= 0.3 is 17.9 Å². The summed E-state index contributed by atoms with van der Waals surface area (Å²) in [6, 6.07) is 33.7. The number of aliphatic imine (C=N–C) groups is 1. The SMILES string of the molecule is CCCCCCCCCCOc1ccc(N=Cc2ccc(C(=O)Oc3cccc(OC(=O)c4ccc(OC(=O)c5ccc(OCCCCCCC)cc5)cc4)c3)cc2)cc1. The zero-order valence-electron chi connectivity index (χ0n) is 34.9. The van der Waals surface area contributed by atoms with E-state index in [0.717, 1.165) is 42.9 Å². The van der Waals surface area contributed by atoms with Gasteiger partial charge in [0.1, 0.15) is 28.7 Å². The average Bonchev–Trinajstić information content (AvgIpc) is 3.27. The van der Waals surface area contributed by atoms with E-state index in [-0.39, 0.29) is 22.8 Å². The molecular formula is C51H57NO8. The van der Waals surface area contributed by atoms with E-state index in [2.05, 4.69) is 18.8 Å². The molecule has 5 rings (SSSR count). The van der Waals surface area contributed by atoms with E-state index >= 15 is 0 Å². The maximum absolute atomic E-state index is 12.9. The first kappa shape index (κ1) is 44.9. The lowest BCUT2D eigenvalue weighted by atomic mass is 10.1. The van der Waals surface area contributed by atoms with E-state index in [1.807, 2.05) is 24.3 Å². The van der Waals surface area contributed by atoms with Crippen LogP contribution in [0.5, 0.6) is 28.7 Å². The Kier molecular flexibility index (Phi) is 18.9. The Morgan fingerprint density at radius 1 is 0.433 bits per heavy atom. The monoisotopic (exact) mass is 811 g/mol. The number of hydrogen-bond donors (Lipinski definition) is 0. The molecule has 0 saturated carbocycles. The van der Waals surface area contributed by atoms with Gasteiger partial charge in [-0.15, -0.1) is 0 Å². The lowest BCUT2D eigenvalue weighted by Gasteiger charge is -2.09. The van der Waals surface area contributed by atoms with E-state index in [4.69, 9.17) is 23.7 Å². The van der Waals surface area contributed by atoms with Crippen molar-refractivity contribution in [3.05, 3.63) is 144 Å². The highest BCUT2D eigenvalue weighted by molar-refractivity contribution is 5.94. The van der Waals surface area contributed by atoms with Crippen molar-refractivity contribution in [2.24, 2.45) is 4.99 Å².